The van der Waals surface area contributed by atoms with Crippen molar-refractivity contribution in [1.29, 1.82) is 0 Å². The largest absolute Gasteiger partial charge is 0.465 e. The Balaban J connectivity index is 5.13. The maximum absolute atomic E-state index is 13.0. The van der Waals surface area contributed by atoms with Crippen LogP contribution in [0.1, 0.15) is 0 Å². The number of carbonyl (C=O) groups is 1. The van der Waals surface area contributed by atoms with Crippen LogP contribution < -0.4 is 0 Å². The van der Waals surface area contributed by atoms with Gasteiger partial charge < -0.3 is 9.47 Å². The molecule has 1 atom stereocenters. The molecule has 84 valence electrons. The molecule has 0 radical (unpaired) electrons. The Kier molecular flexibility index (Phi) is 3.81. The summed E-state index contributed by atoms with van der Waals surface area (Å²) < 4.78 is 68.4. The molecule has 1 unspecified atom stereocenters. The van der Waals surface area contributed by atoms with E-state index in [1.807, 2.05) is 0 Å². The Hall–Kier alpha value is -0.920. The lowest BCUT2D eigenvalue weighted by Gasteiger charge is -2.28. The molecule has 3 nitrogen and oxygen atoms in total. The van der Waals surface area contributed by atoms with Gasteiger partial charge in [-0.2, -0.15) is 13.2 Å². The minimum Gasteiger partial charge on any atom is -0.465 e. The number of methoxy groups -OCH3 is 2. The van der Waals surface area contributed by atoms with E-state index in [9.17, 15) is 26.7 Å². The molecule has 0 aliphatic rings. The highest BCUT2D eigenvalue weighted by molar-refractivity contribution is 5.79. The lowest BCUT2D eigenvalue weighted by atomic mass is 10.1. The van der Waals surface area contributed by atoms with Gasteiger partial charge >= 0.3 is 24.2 Å². The summed E-state index contributed by atoms with van der Waals surface area (Å²) in [5, 5.41) is 0. The average Bonchev–Trinajstić information content (AvgIpc) is 2.14. The zero-order valence-corrected chi connectivity index (χ0v) is 7.19. The number of hydrogen-bond acceptors (Lipinski definition) is 3. The van der Waals surface area contributed by atoms with E-state index in [1.54, 1.807) is 0 Å². The molecule has 0 bridgehead atoms. The minimum atomic E-state index is -5.27. The second kappa shape index (κ2) is 4.07. The number of carbonyl (C=O) groups excluding carboxylic acids is 1. The van der Waals surface area contributed by atoms with Crippen molar-refractivity contribution in [3.8, 4) is 0 Å². The van der Waals surface area contributed by atoms with Crippen molar-refractivity contribution in [3.63, 3.8) is 0 Å². The molecule has 0 aliphatic carbocycles. The number of alkyl halides is 5. The molecular weight excluding hydrogens is 215 g/mol. The molecule has 0 aliphatic heterocycles. The summed E-state index contributed by atoms with van der Waals surface area (Å²) in [6.07, 6.45) is -4.38. The Bertz CT molecular complexity index is 220. The predicted octanol–water partition coefficient (Wildman–Crippen LogP) is 1.37. The summed E-state index contributed by atoms with van der Waals surface area (Å²) in [6, 6.07) is 0. The van der Waals surface area contributed by atoms with E-state index >= 15 is 0 Å². The highest BCUT2D eigenvalue weighted by Crippen LogP contribution is 2.39. The monoisotopic (exact) mass is 222 g/mol. The van der Waals surface area contributed by atoms with Crippen molar-refractivity contribution in [2.75, 3.05) is 14.2 Å². The molecule has 0 aromatic heterocycles. The van der Waals surface area contributed by atoms with Gasteiger partial charge in [0.1, 0.15) is 0 Å². The van der Waals surface area contributed by atoms with Crippen molar-refractivity contribution in [2.24, 2.45) is 0 Å². The van der Waals surface area contributed by atoms with Gasteiger partial charge in [0.05, 0.1) is 7.11 Å². The van der Waals surface area contributed by atoms with E-state index in [0.717, 1.165) is 0 Å². The number of halogens is 5. The second-order valence-electron chi connectivity index (χ2n) is 2.21. The first-order valence-corrected chi connectivity index (χ1v) is 3.22. The zero-order chi connectivity index (χ0) is 11.6. The van der Waals surface area contributed by atoms with E-state index in [4.69, 9.17) is 0 Å². The Morgan fingerprint density at radius 1 is 1.21 bits per heavy atom. The van der Waals surface area contributed by atoms with E-state index in [2.05, 4.69) is 9.47 Å². The highest BCUT2D eigenvalue weighted by atomic mass is 19.3. The third-order valence-electron chi connectivity index (χ3n) is 1.43. The fourth-order valence-corrected chi connectivity index (χ4v) is 0.627. The molecule has 0 rings (SSSR count). The van der Waals surface area contributed by atoms with Crippen LogP contribution in [0.3, 0.4) is 0 Å². The van der Waals surface area contributed by atoms with Crippen LogP contribution in [0.15, 0.2) is 0 Å². The van der Waals surface area contributed by atoms with Gasteiger partial charge in [0.25, 0.3) is 0 Å². The first-order valence-electron chi connectivity index (χ1n) is 3.22. The normalized spacial score (nSPS) is 16.6. The summed E-state index contributed by atoms with van der Waals surface area (Å²) >= 11 is 0. The molecule has 0 N–H and O–H groups in total. The maximum Gasteiger partial charge on any atom is 0.378 e. The van der Waals surface area contributed by atoms with Crippen molar-refractivity contribution in [3.05, 3.63) is 0 Å². The van der Waals surface area contributed by atoms with E-state index in [1.165, 1.54) is 0 Å². The predicted molar refractivity (Wildman–Crippen MR) is 33.8 cm³/mol. The molecule has 14 heavy (non-hydrogen) atoms. The Labute approximate surface area is 75.8 Å². The standard InChI is InChI=1S/C6H7F5O3/c1-13-4(12)6(11,14-2)5(9,10)3(7)8/h3H,1-2H3. The van der Waals surface area contributed by atoms with Crippen molar-refractivity contribution in [2.45, 2.75) is 18.2 Å². The Morgan fingerprint density at radius 2 is 1.64 bits per heavy atom. The second-order valence-corrected chi connectivity index (χ2v) is 2.21. The van der Waals surface area contributed by atoms with Crippen molar-refractivity contribution in [1.82, 2.24) is 0 Å². The summed E-state index contributed by atoms with van der Waals surface area (Å²) in [7, 11) is 0.921. The molecule has 0 saturated heterocycles. The molecule has 0 heterocycles. The van der Waals surface area contributed by atoms with Gasteiger partial charge in [0.2, 0.25) is 0 Å². The summed E-state index contributed by atoms with van der Waals surface area (Å²) in [5.74, 6) is -12.0. The molecule has 0 aromatic rings. The number of esters is 1. The molecular formula is C6H7F5O3. The van der Waals surface area contributed by atoms with E-state index in [0.29, 0.717) is 14.2 Å². The quantitative estimate of drug-likeness (QED) is 0.532. The third-order valence-corrected chi connectivity index (χ3v) is 1.43. The summed E-state index contributed by atoms with van der Waals surface area (Å²) in [5.41, 5.74) is 0. The molecule has 0 fully saturated rings. The molecule has 0 aromatic carbocycles. The van der Waals surface area contributed by atoms with E-state index < -0.39 is 24.2 Å². The van der Waals surface area contributed by atoms with Gasteiger partial charge in [0, 0.05) is 7.11 Å². The van der Waals surface area contributed by atoms with Gasteiger partial charge in [-0.1, -0.05) is 0 Å². The van der Waals surface area contributed by atoms with Crippen LogP contribution in [-0.4, -0.2) is 38.4 Å². The highest BCUT2D eigenvalue weighted by Gasteiger charge is 2.68. The fourth-order valence-electron chi connectivity index (χ4n) is 0.627. The lowest BCUT2D eigenvalue weighted by molar-refractivity contribution is -0.300. The fraction of sp³-hybridized carbons (Fsp3) is 0.833. The van der Waals surface area contributed by atoms with Crippen LogP contribution in [0.4, 0.5) is 22.0 Å². The lowest BCUT2D eigenvalue weighted by Crippen LogP contribution is -2.56. The van der Waals surface area contributed by atoms with Crippen LogP contribution >= 0.6 is 0 Å². The maximum atomic E-state index is 13.0. The van der Waals surface area contributed by atoms with Crippen LogP contribution in [0.25, 0.3) is 0 Å². The number of ether oxygens (including phenoxy) is 2. The van der Waals surface area contributed by atoms with E-state index in [-0.39, 0.29) is 0 Å². The van der Waals surface area contributed by atoms with Crippen molar-refractivity contribution >= 4 is 5.97 Å². The number of rotatable bonds is 4. The smallest absolute Gasteiger partial charge is 0.378 e. The summed E-state index contributed by atoms with van der Waals surface area (Å²) in [4.78, 5) is 10.5. The van der Waals surface area contributed by atoms with Crippen LogP contribution in [-0.2, 0) is 14.3 Å². The van der Waals surface area contributed by atoms with Crippen LogP contribution in [0.5, 0.6) is 0 Å². The van der Waals surface area contributed by atoms with Gasteiger partial charge in [0.15, 0.2) is 0 Å². The molecule has 8 heteroatoms. The first-order chi connectivity index (χ1) is 6.24. The van der Waals surface area contributed by atoms with Crippen LogP contribution in [0, 0.1) is 0 Å². The zero-order valence-electron chi connectivity index (χ0n) is 7.19. The SMILES string of the molecule is COC(=O)C(F)(OC)C(F)(F)C(F)F. The first kappa shape index (κ1) is 13.1. The minimum absolute atomic E-state index is 0.354. The van der Waals surface area contributed by atoms with Gasteiger partial charge in [-0.05, 0) is 0 Å². The molecule has 0 spiro atoms. The number of hydrogen-bond donors (Lipinski definition) is 0. The molecule has 0 amide bonds. The van der Waals surface area contributed by atoms with Crippen molar-refractivity contribution < 1.29 is 36.2 Å². The molecule has 0 saturated carbocycles. The van der Waals surface area contributed by atoms with Gasteiger partial charge in [-0.25, -0.2) is 13.6 Å². The van der Waals surface area contributed by atoms with Crippen LogP contribution in [0.2, 0.25) is 0 Å². The average molecular weight is 222 g/mol. The van der Waals surface area contributed by atoms with Gasteiger partial charge in [-0.15, -0.1) is 0 Å². The van der Waals surface area contributed by atoms with Gasteiger partial charge in [-0.3, -0.25) is 0 Å². The Morgan fingerprint density at radius 3 is 1.86 bits per heavy atom. The summed E-state index contributed by atoms with van der Waals surface area (Å²) in [6.45, 7) is 0. The topological polar surface area (TPSA) is 35.5 Å². The third kappa shape index (κ3) is 1.79.